The second-order valence-electron chi connectivity index (χ2n) is 3.83. The number of hydrogen-bond donors (Lipinski definition) is 1. The molecule has 1 aromatic rings. The van der Waals surface area contributed by atoms with E-state index in [1.807, 2.05) is 0 Å². The number of rotatable bonds is 3. The Kier molecular flexibility index (Phi) is 3.18. The molecule has 0 spiro atoms. The van der Waals surface area contributed by atoms with Crippen LogP contribution in [-0.2, 0) is 4.79 Å². The molecule has 0 atom stereocenters. The smallest absolute Gasteiger partial charge is 0.292 e. The Morgan fingerprint density at radius 1 is 1.29 bits per heavy atom. The maximum atomic E-state index is 11.6. The monoisotopic (exact) mass is 232 g/mol. The third-order valence-electron chi connectivity index (χ3n) is 2.63. The number of ketones is 1. The summed E-state index contributed by atoms with van der Waals surface area (Å²) in [6.07, 6.45) is 3.97. The summed E-state index contributed by atoms with van der Waals surface area (Å²) in [5.74, 6) is 0.00870. The zero-order chi connectivity index (χ0) is 12.3. The number of nitrogens with one attached hydrogen (secondary N) is 1. The largest absolute Gasteiger partial charge is 0.347 e. The molecule has 0 bridgehead atoms. The molecule has 0 fully saturated rings. The molecule has 0 saturated heterocycles. The van der Waals surface area contributed by atoms with Gasteiger partial charge in [-0.2, -0.15) is 0 Å². The molecule has 17 heavy (non-hydrogen) atoms. The zero-order valence-electron chi connectivity index (χ0n) is 9.18. The number of para-hydroxylation sites is 2. The van der Waals surface area contributed by atoms with Crippen LogP contribution in [0, 0.1) is 10.1 Å². The summed E-state index contributed by atoms with van der Waals surface area (Å²) < 4.78 is 0. The van der Waals surface area contributed by atoms with Gasteiger partial charge in [0.25, 0.3) is 5.69 Å². The molecule has 88 valence electrons. The Morgan fingerprint density at radius 3 is 2.76 bits per heavy atom. The molecule has 5 nitrogen and oxygen atoms in total. The number of carbonyl (C=O) groups is 1. The second kappa shape index (κ2) is 4.78. The molecule has 1 aliphatic rings. The van der Waals surface area contributed by atoms with Gasteiger partial charge in [0.05, 0.1) is 10.6 Å². The topological polar surface area (TPSA) is 72.2 Å². The molecule has 2 rings (SSSR count). The molecule has 1 N–H and O–H groups in total. The van der Waals surface area contributed by atoms with Gasteiger partial charge in [-0.3, -0.25) is 14.9 Å². The van der Waals surface area contributed by atoms with Crippen LogP contribution in [0.5, 0.6) is 0 Å². The molecule has 0 aliphatic heterocycles. The number of benzene rings is 1. The van der Waals surface area contributed by atoms with E-state index in [0.717, 1.165) is 12.8 Å². The number of allylic oxidation sites excluding steroid dienone is 2. The van der Waals surface area contributed by atoms with Gasteiger partial charge >= 0.3 is 0 Å². The first-order valence-corrected chi connectivity index (χ1v) is 5.42. The average Bonchev–Trinajstić information content (AvgIpc) is 2.32. The lowest BCUT2D eigenvalue weighted by atomic mass is 10.0. The first-order valence-electron chi connectivity index (χ1n) is 5.42. The van der Waals surface area contributed by atoms with Crippen molar-refractivity contribution < 1.29 is 9.72 Å². The summed E-state index contributed by atoms with van der Waals surface area (Å²) in [6, 6.07) is 6.31. The lowest BCUT2D eigenvalue weighted by Gasteiger charge is -2.13. The van der Waals surface area contributed by atoms with E-state index >= 15 is 0 Å². The Balaban J connectivity index is 2.27. The Labute approximate surface area is 98.3 Å². The molecular weight excluding hydrogens is 220 g/mol. The van der Waals surface area contributed by atoms with Gasteiger partial charge in [-0.05, 0) is 18.9 Å². The summed E-state index contributed by atoms with van der Waals surface area (Å²) >= 11 is 0. The van der Waals surface area contributed by atoms with Crippen LogP contribution in [-0.4, -0.2) is 10.7 Å². The van der Waals surface area contributed by atoms with Crippen LogP contribution in [0.4, 0.5) is 11.4 Å². The molecule has 0 heterocycles. The fraction of sp³-hybridized carbons (Fsp3) is 0.250. The number of nitro groups is 1. The Bertz CT molecular complexity index is 494. The highest BCUT2D eigenvalue weighted by molar-refractivity contribution is 5.99. The Morgan fingerprint density at radius 2 is 2.06 bits per heavy atom. The molecular formula is C12H12N2O3. The average molecular weight is 232 g/mol. The normalized spacial score (nSPS) is 15.3. The highest BCUT2D eigenvalue weighted by Gasteiger charge is 2.18. The lowest BCUT2D eigenvalue weighted by molar-refractivity contribution is -0.383. The number of carbonyl (C=O) groups excluding carboxylic acids is 1. The quantitative estimate of drug-likeness (QED) is 0.642. The fourth-order valence-corrected chi connectivity index (χ4v) is 1.76. The predicted molar refractivity (Wildman–Crippen MR) is 63.7 cm³/mol. The SMILES string of the molecule is O=C1CCCC=C1Nc1ccccc1[N+](=O)[O-]. The van der Waals surface area contributed by atoms with E-state index < -0.39 is 4.92 Å². The van der Waals surface area contributed by atoms with E-state index in [0.29, 0.717) is 17.8 Å². The zero-order valence-corrected chi connectivity index (χ0v) is 9.18. The number of hydrogen-bond acceptors (Lipinski definition) is 4. The highest BCUT2D eigenvalue weighted by atomic mass is 16.6. The van der Waals surface area contributed by atoms with E-state index in [-0.39, 0.29) is 11.5 Å². The molecule has 0 aromatic heterocycles. The van der Waals surface area contributed by atoms with E-state index in [2.05, 4.69) is 5.32 Å². The molecule has 0 unspecified atom stereocenters. The van der Waals surface area contributed by atoms with Gasteiger partial charge in [-0.15, -0.1) is 0 Å². The van der Waals surface area contributed by atoms with Crippen LogP contribution >= 0.6 is 0 Å². The van der Waals surface area contributed by atoms with Gasteiger partial charge in [-0.25, -0.2) is 0 Å². The minimum atomic E-state index is -0.462. The van der Waals surface area contributed by atoms with Crippen molar-refractivity contribution in [2.45, 2.75) is 19.3 Å². The van der Waals surface area contributed by atoms with E-state index in [1.165, 1.54) is 6.07 Å². The summed E-state index contributed by atoms with van der Waals surface area (Å²) in [7, 11) is 0. The standard InChI is InChI=1S/C12H12N2O3/c15-12-8-4-2-6-10(12)13-9-5-1-3-7-11(9)14(16)17/h1,3,5-7,13H,2,4,8H2. The summed E-state index contributed by atoms with van der Waals surface area (Å²) in [6.45, 7) is 0. The van der Waals surface area contributed by atoms with Crippen molar-refractivity contribution in [2.24, 2.45) is 0 Å². The predicted octanol–water partition coefficient (Wildman–Crippen LogP) is 2.64. The van der Waals surface area contributed by atoms with Gasteiger partial charge in [0, 0.05) is 12.5 Å². The van der Waals surface area contributed by atoms with Crippen LogP contribution in [0.2, 0.25) is 0 Å². The lowest BCUT2D eigenvalue weighted by Crippen LogP contribution is -2.15. The third-order valence-corrected chi connectivity index (χ3v) is 2.63. The maximum Gasteiger partial charge on any atom is 0.292 e. The van der Waals surface area contributed by atoms with Crippen LogP contribution in [0.15, 0.2) is 36.0 Å². The van der Waals surface area contributed by atoms with Crippen molar-refractivity contribution >= 4 is 17.2 Å². The first-order chi connectivity index (χ1) is 8.18. The fourth-order valence-electron chi connectivity index (χ4n) is 1.76. The van der Waals surface area contributed by atoms with Crippen molar-refractivity contribution in [1.82, 2.24) is 0 Å². The summed E-state index contributed by atoms with van der Waals surface area (Å²) in [5, 5.41) is 13.7. The van der Waals surface area contributed by atoms with Gasteiger partial charge in [0.2, 0.25) is 0 Å². The molecule has 5 heteroatoms. The second-order valence-corrected chi connectivity index (χ2v) is 3.83. The third kappa shape index (κ3) is 2.50. The summed E-state index contributed by atoms with van der Waals surface area (Å²) in [5.41, 5.74) is 0.802. The number of nitro benzene ring substituents is 1. The molecule has 0 amide bonds. The van der Waals surface area contributed by atoms with E-state index in [4.69, 9.17) is 0 Å². The van der Waals surface area contributed by atoms with Crippen molar-refractivity contribution in [1.29, 1.82) is 0 Å². The van der Waals surface area contributed by atoms with Crippen LogP contribution < -0.4 is 5.32 Å². The van der Waals surface area contributed by atoms with Gasteiger partial charge < -0.3 is 5.32 Å². The van der Waals surface area contributed by atoms with Crippen LogP contribution in [0.25, 0.3) is 0 Å². The first kappa shape index (κ1) is 11.3. The van der Waals surface area contributed by atoms with Crippen LogP contribution in [0.1, 0.15) is 19.3 Å². The molecule has 0 radical (unpaired) electrons. The van der Waals surface area contributed by atoms with Crippen LogP contribution in [0.3, 0.4) is 0 Å². The molecule has 1 aliphatic carbocycles. The van der Waals surface area contributed by atoms with Crippen molar-refractivity contribution in [3.05, 3.63) is 46.2 Å². The van der Waals surface area contributed by atoms with Crippen molar-refractivity contribution in [3.8, 4) is 0 Å². The van der Waals surface area contributed by atoms with E-state index in [1.54, 1.807) is 24.3 Å². The number of nitrogens with zero attached hydrogens (tertiary/aromatic N) is 1. The maximum absolute atomic E-state index is 11.6. The number of Topliss-reactive ketones (excluding diaryl/α,β-unsaturated/α-hetero) is 1. The summed E-state index contributed by atoms with van der Waals surface area (Å²) in [4.78, 5) is 21.9. The Hall–Kier alpha value is -2.17. The highest BCUT2D eigenvalue weighted by Crippen LogP contribution is 2.26. The number of anilines is 1. The minimum Gasteiger partial charge on any atom is -0.347 e. The van der Waals surface area contributed by atoms with Gasteiger partial charge in [-0.1, -0.05) is 18.2 Å². The minimum absolute atomic E-state index is 0.00870. The van der Waals surface area contributed by atoms with Gasteiger partial charge in [0.15, 0.2) is 5.78 Å². The van der Waals surface area contributed by atoms with Crippen molar-refractivity contribution in [3.63, 3.8) is 0 Å². The molecule has 0 saturated carbocycles. The molecule has 1 aromatic carbocycles. The van der Waals surface area contributed by atoms with Gasteiger partial charge in [0.1, 0.15) is 5.69 Å². The van der Waals surface area contributed by atoms with Crippen molar-refractivity contribution in [2.75, 3.05) is 5.32 Å². The van der Waals surface area contributed by atoms with E-state index in [9.17, 15) is 14.9 Å².